The van der Waals surface area contributed by atoms with Crippen LogP contribution in [-0.2, 0) is 0 Å². The van der Waals surface area contributed by atoms with Crippen molar-refractivity contribution < 1.29 is 0 Å². The summed E-state index contributed by atoms with van der Waals surface area (Å²) in [5.74, 6) is 0. The molecule has 0 N–H and O–H groups in total. The molecule has 0 heterocycles. The molecular formula is C12H20. The first-order valence-electron chi connectivity index (χ1n) is 4.73. The first kappa shape index (κ1) is 11.2. The zero-order chi connectivity index (χ0) is 9.56. The molecule has 0 aliphatic rings. The van der Waals surface area contributed by atoms with Crippen LogP contribution in [0.4, 0.5) is 0 Å². The Morgan fingerprint density at radius 3 is 2.00 bits per heavy atom. The molecule has 0 rings (SSSR count). The monoisotopic (exact) mass is 164 g/mol. The van der Waals surface area contributed by atoms with E-state index in [1.165, 1.54) is 5.57 Å². The van der Waals surface area contributed by atoms with Gasteiger partial charge in [-0.3, -0.25) is 0 Å². The summed E-state index contributed by atoms with van der Waals surface area (Å²) in [5.41, 5.74) is 3.66. The van der Waals surface area contributed by atoms with Gasteiger partial charge in [-0.2, -0.15) is 0 Å². The fourth-order valence-corrected chi connectivity index (χ4v) is 1.17. The number of allylic oxidation sites excluding steroid dienone is 4. The minimum absolute atomic E-state index is 1.000. The Balaban J connectivity index is 4.43. The maximum absolute atomic E-state index is 4.05. The van der Waals surface area contributed by atoms with Crippen LogP contribution in [0.5, 0.6) is 0 Å². The van der Waals surface area contributed by atoms with Crippen LogP contribution in [0.2, 0.25) is 0 Å². The molecule has 0 unspecified atom stereocenters. The SMILES string of the molecule is C=C(CC)C(=C)C(=CCC)CC. The van der Waals surface area contributed by atoms with Crippen LogP contribution in [0, 0.1) is 0 Å². The van der Waals surface area contributed by atoms with Crippen LogP contribution in [0.3, 0.4) is 0 Å². The Morgan fingerprint density at radius 1 is 1.08 bits per heavy atom. The van der Waals surface area contributed by atoms with E-state index in [2.05, 4.69) is 40.0 Å². The van der Waals surface area contributed by atoms with Crippen LogP contribution in [0.15, 0.2) is 36.0 Å². The lowest BCUT2D eigenvalue weighted by Gasteiger charge is -2.09. The molecular weight excluding hydrogens is 144 g/mol. The summed E-state index contributed by atoms with van der Waals surface area (Å²) in [4.78, 5) is 0. The molecule has 0 aliphatic carbocycles. The molecule has 0 aromatic carbocycles. The molecule has 0 nitrogen and oxygen atoms in total. The van der Waals surface area contributed by atoms with Crippen LogP contribution >= 0.6 is 0 Å². The molecule has 0 heteroatoms. The zero-order valence-corrected chi connectivity index (χ0v) is 8.61. The molecule has 0 bridgehead atoms. The van der Waals surface area contributed by atoms with Crippen molar-refractivity contribution in [2.45, 2.75) is 40.0 Å². The smallest absolute Gasteiger partial charge is 0.0274 e. The Morgan fingerprint density at radius 2 is 1.67 bits per heavy atom. The normalized spacial score (nSPS) is 11.4. The molecule has 0 radical (unpaired) electrons. The fourth-order valence-electron chi connectivity index (χ4n) is 1.17. The van der Waals surface area contributed by atoms with Gasteiger partial charge in [-0.1, -0.05) is 40.0 Å². The second-order valence-corrected chi connectivity index (χ2v) is 2.93. The van der Waals surface area contributed by atoms with Crippen LogP contribution in [0.1, 0.15) is 40.0 Å². The highest BCUT2D eigenvalue weighted by Crippen LogP contribution is 2.21. The van der Waals surface area contributed by atoms with Crippen molar-refractivity contribution in [2.75, 3.05) is 0 Å². The third-order valence-corrected chi connectivity index (χ3v) is 2.07. The van der Waals surface area contributed by atoms with Crippen molar-refractivity contribution in [3.05, 3.63) is 36.0 Å². The summed E-state index contributed by atoms with van der Waals surface area (Å²) in [6.07, 6.45) is 5.38. The Hall–Kier alpha value is -0.780. The predicted octanol–water partition coefficient (Wildman–Crippen LogP) is 4.26. The van der Waals surface area contributed by atoms with Crippen molar-refractivity contribution in [2.24, 2.45) is 0 Å². The molecule has 0 aromatic rings. The first-order chi connectivity index (χ1) is 5.67. The summed E-state index contributed by atoms with van der Waals surface area (Å²) in [6, 6.07) is 0. The number of hydrogen-bond acceptors (Lipinski definition) is 0. The Labute approximate surface area is 76.7 Å². The Bertz CT molecular complexity index is 194. The van der Waals surface area contributed by atoms with Crippen molar-refractivity contribution in [1.82, 2.24) is 0 Å². The molecule has 0 spiro atoms. The van der Waals surface area contributed by atoms with E-state index in [0.717, 1.165) is 30.4 Å². The molecule has 0 atom stereocenters. The molecule has 0 amide bonds. The minimum atomic E-state index is 1.000. The van der Waals surface area contributed by atoms with Gasteiger partial charge in [-0.15, -0.1) is 0 Å². The van der Waals surface area contributed by atoms with Gasteiger partial charge in [0.25, 0.3) is 0 Å². The quantitative estimate of drug-likeness (QED) is 0.533. The Kier molecular flexibility index (Phi) is 5.44. The lowest BCUT2D eigenvalue weighted by molar-refractivity contribution is 1.04. The van der Waals surface area contributed by atoms with Gasteiger partial charge >= 0.3 is 0 Å². The third kappa shape index (κ3) is 3.08. The minimum Gasteiger partial charge on any atom is -0.0953 e. The van der Waals surface area contributed by atoms with Crippen molar-refractivity contribution in [3.8, 4) is 0 Å². The van der Waals surface area contributed by atoms with Gasteiger partial charge in [-0.25, -0.2) is 0 Å². The highest BCUT2D eigenvalue weighted by Gasteiger charge is 2.01. The number of hydrogen-bond donors (Lipinski definition) is 0. The molecule has 0 fully saturated rings. The second-order valence-electron chi connectivity index (χ2n) is 2.93. The van der Waals surface area contributed by atoms with Crippen molar-refractivity contribution in [3.63, 3.8) is 0 Å². The van der Waals surface area contributed by atoms with Crippen molar-refractivity contribution >= 4 is 0 Å². The lowest BCUT2D eigenvalue weighted by atomic mass is 9.96. The standard InChI is InChI=1S/C12H20/c1-6-9-12(8-3)11(5)10(4)7-2/h9H,4-8H2,1-3H3. The van der Waals surface area contributed by atoms with E-state index in [-0.39, 0.29) is 0 Å². The van der Waals surface area contributed by atoms with Crippen molar-refractivity contribution in [1.29, 1.82) is 0 Å². The average Bonchev–Trinajstić information content (AvgIpc) is 2.11. The maximum atomic E-state index is 4.05. The van der Waals surface area contributed by atoms with E-state index in [1.807, 2.05) is 0 Å². The van der Waals surface area contributed by atoms with E-state index in [9.17, 15) is 0 Å². The van der Waals surface area contributed by atoms with E-state index >= 15 is 0 Å². The molecule has 68 valence electrons. The summed E-state index contributed by atoms with van der Waals surface area (Å²) >= 11 is 0. The first-order valence-corrected chi connectivity index (χ1v) is 4.73. The van der Waals surface area contributed by atoms with E-state index < -0.39 is 0 Å². The lowest BCUT2D eigenvalue weighted by Crippen LogP contribution is -1.90. The largest absolute Gasteiger partial charge is 0.0953 e. The summed E-state index contributed by atoms with van der Waals surface area (Å²) in [5, 5.41) is 0. The maximum Gasteiger partial charge on any atom is -0.0274 e. The van der Waals surface area contributed by atoms with Gasteiger partial charge in [0.05, 0.1) is 0 Å². The van der Waals surface area contributed by atoms with Gasteiger partial charge in [0.2, 0.25) is 0 Å². The molecule has 0 aromatic heterocycles. The van der Waals surface area contributed by atoms with Gasteiger partial charge in [0, 0.05) is 0 Å². The summed E-state index contributed by atoms with van der Waals surface area (Å²) in [6.45, 7) is 14.5. The highest BCUT2D eigenvalue weighted by atomic mass is 14.1. The van der Waals surface area contributed by atoms with Gasteiger partial charge < -0.3 is 0 Å². The van der Waals surface area contributed by atoms with E-state index in [0.29, 0.717) is 0 Å². The summed E-state index contributed by atoms with van der Waals surface area (Å²) < 4.78 is 0. The highest BCUT2D eigenvalue weighted by molar-refractivity contribution is 5.42. The fraction of sp³-hybridized carbons (Fsp3) is 0.500. The van der Waals surface area contributed by atoms with Crippen LogP contribution in [0.25, 0.3) is 0 Å². The van der Waals surface area contributed by atoms with Crippen LogP contribution in [-0.4, -0.2) is 0 Å². The van der Waals surface area contributed by atoms with Crippen LogP contribution < -0.4 is 0 Å². The van der Waals surface area contributed by atoms with Gasteiger partial charge in [0.15, 0.2) is 0 Å². The van der Waals surface area contributed by atoms with E-state index in [1.54, 1.807) is 0 Å². The van der Waals surface area contributed by atoms with Gasteiger partial charge in [-0.05, 0) is 36.0 Å². The molecule has 0 saturated heterocycles. The average molecular weight is 164 g/mol. The topological polar surface area (TPSA) is 0 Å². The molecule has 0 aliphatic heterocycles. The molecule has 12 heavy (non-hydrogen) atoms. The van der Waals surface area contributed by atoms with Gasteiger partial charge in [0.1, 0.15) is 0 Å². The third-order valence-electron chi connectivity index (χ3n) is 2.07. The summed E-state index contributed by atoms with van der Waals surface area (Å²) in [7, 11) is 0. The second kappa shape index (κ2) is 5.82. The van der Waals surface area contributed by atoms with E-state index in [4.69, 9.17) is 0 Å². The predicted molar refractivity (Wildman–Crippen MR) is 57.2 cm³/mol. The number of rotatable bonds is 5. The zero-order valence-electron chi connectivity index (χ0n) is 8.61. The molecule has 0 saturated carbocycles.